The molecule has 30 heavy (non-hydrogen) atoms. The van der Waals surface area contributed by atoms with Crippen molar-refractivity contribution in [2.45, 2.75) is 26.8 Å². The summed E-state index contributed by atoms with van der Waals surface area (Å²) in [7, 11) is 0. The van der Waals surface area contributed by atoms with E-state index in [1.807, 2.05) is 32.0 Å². The minimum absolute atomic E-state index is 0.0875. The lowest BCUT2D eigenvalue weighted by atomic mass is 9.93. The molecule has 1 aliphatic heterocycles. The van der Waals surface area contributed by atoms with Crippen LogP contribution in [-0.2, 0) is 4.79 Å². The highest BCUT2D eigenvalue weighted by atomic mass is 16.6. The van der Waals surface area contributed by atoms with Gasteiger partial charge in [0.2, 0.25) is 5.95 Å². The fraction of sp³-hybridized carbons (Fsp3) is 0.190. The van der Waals surface area contributed by atoms with Crippen LogP contribution >= 0.6 is 0 Å². The zero-order valence-electron chi connectivity index (χ0n) is 16.7. The van der Waals surface area contributed by atoms with Crippen molar-refractivity contribution >= 4 is 23.2 Å². The predicted molar refractivity (Wildman–Crippen MR) is 112 cm³/mol. The van der Waals surface area contributed by atoms with Crippen molar-refractivity contribution in [3.05, 3.63) is 86.9 Å². The zero-order chi connectivity index (χ0) is 21.4. The van der Waals surface area contributed by atoms with E-state index in [4.69, 9.17) is 0 Å². The molecular weight excluding hydrogens is 384 g/mol. The normalized spacial score (nSPS) is 15.4. The van der Waals surface area contributed by atoms with Gasteiger partial charge in [-0.05, 0) is 38.5 Å². The Labute approximate surface area is 172 Å². The van der Waals surface area contributed by atoms with E-state index in [-0.39, 0.29) is 11.6 Å². The van der Waals surface area contributed by atoms with Crippen molar-refractivity contribution in [1.29, 1.82) is 0 Å². The summed E-state index contributed by atoms with van der Waals surface area (Å²) in [5, 5.41) is 21.9. The molecule has 152 valence electrons. The largest absolute Gasteiger partial charge is 0.328 e. The standard InChI is InChI=1S/C21H20N6O3/c1-12-8-9-16(13(2)10-12)25-20(28)18-14(3)24-21-22-11-23-26(21)19(18)15-6-4-5-7-17(15)27(29)30/h4-11,19H,1-3H3,(H,25,28)(H,22,23,24)/t19-/m0/s1. The van der Waals surface area contributed by atoms with Gasteiger partial charge in [-0.2, -0.15) is 10.1 Å². The van der Waals surface area contributed by atoms with Crippen LogP contribution in [-0.4, -0.2) is 25.6 Å². The van der Waals surface area contributed by atoms with Gasteiger partial charge in [-0.25, -0.2) is 4.68 Å². The average molecular weight is 404 g/mol. The van der Waals surface area contributed by atoms with Crippen molar-refractivity contribution in [3.8, 4) is 0 Å². The van der Waals surface area contributed by atoms with Crippen LogP contribution in [0.2, 0.25) is 0 Å². The molecule has 2 aromatic carbocycles. The third-order valence-electron chi connectivity index (χ3n) is 5.10. The van der Waals surface area contributed by atoms with Crippen LogP contribution in [0, 0.1) is 24.0 Å². The van der Waals surface area contributed by atoms with Crippen LogP contribution in [0.5, 0.6) is 0 Å². The van der Waals surface area contributed by atoms with Gasteiger partial charge in [-0.3, -0.25) is 14.9 Å². The first kappa shape index (κ1) is 19.3. The first-order valence-corrected chi connectivity index (χ1v) is 9.36. The fourth-order valence-corrected chi connectivity index (χ4v) is 3.70. The third-order valence-corrected chi connectivity index (χ3v) is 5.10. The molecular formula is C21H20N6O3. The monoisotopic (exact) mass is 404 g/mol. The molecule has 0 radical (unpaired) electrons. The number of amides is 1. The number of fused-ring (bicyclic) bond motifs is 1. The van der Waals surface area contributed by atoms with Gasteiger partial charge in [0.1, 0.15) is 12.4 Å². The maximum Gasteiger partial charge on any atom is 0.275 e. The molecule has 3 aromatic rings. The molecule has 0 saturated heterocycles. The Hall–Kier alpha value is -4.01. The Morgan fingerprint density at radius 2 is 1.97 bits per heavy atom. The van der Waals surface area contributed by atoms with Crippen LogP contribution in [0.1, 0.15) is 29.7 Å². The van der Waals surface area contributed by atoms with E-state index in [1.165, 1.54) is 17.1 Å². The highest BCUT2D eigenvalue weighted by Crippen LogP contribution is 2.39. The number of benzene rings is 2. The number of nitrogens with zero attached hydrogens (tertiary/aromatic N) is 4. The van der Waals surface area contributed by atoms with Crippen LogP contribution in [0.3, 0.4) is 0 Å². The summed E-state index contributed by atoms with van der Waals surface area (Å²) in [6.45, 7) is 5.64. The second kappa shape index (κ2) is 7.43. The molecule has 0 saturated carbocycles. The Balaban J connectivity index is 1.82. The molecule has 1 amide bonds. The molecule has 4 rings (SSSR count). The maximum absolute atomic E-state index is 13.4. The third kappa shape index (κ3) is 3.30. The van der Waals surface area contributed by atoms with E-state index in [0.29, 0.717) is 28.5 Å². The highest BCUT2D eigenvalue weighted by Gasteiger charge is 2.37. The van der Waals surface area contributed by atoms with Gasteiger partial charge in [-0.15, -0.1) is 0 Å². The molecule has 1 aromatic heterocycles. The molecule has 0 bridgehead atoms. The molecule has 2 N–H and O–H groups in total. The fourth-order valence-electron chi connectivity index (χ4n) is 3.70. The Kier molecular flexibility index (Phi) is 4.78. The predicted octanol–water partition coefficient (Wildman–Crippen LogP) is 3.73. The number of carbonyl (C=O) groups excluding carboxylic acids is 1. The number of nitro groups is 1. The molecule has 0 unspecified atom stereocenters. The summed E-state index contributed by atoms with van der Waals surface area (Å²) in [4.78, 5) is 28.7. The molecule has 0 spiro atoms. The smallest absolute Gasteiger partial charge is 0.275 e. The molecule has 0 aliphatic carbocycles. The summed E-state index contributed by atoms with van der Waals surface area (Å²) in [5.41, 5.74) is 3.86. The Morgan fingerprint density at radius 1 is 1.20 bits per heavy atom. The second-order valence-corrected chi connectivity index (χ2v) is 7.18. The summed E-state index contributed by atoms with van der Waals surface area (Å²) >= 11 is 0. The lowest BCUT2D eigenvalue weighted by Gasteiger charge is -2.28. The number of aromatic nitrogens is 3. The van der Waals surface area contributed by atoms with Crippen LogP contribution in [0.25, 0.3) is 0 Å². The summed E-state index contributed by atoms with van der Waals surface area (Å²) in [6.07, 6.45) is 1.35. The number of nitrogens with one attached hydrogen (secondary N) is 2. The van der Waals surface area contributed by atoms with Crippen molar-refractivity contribution < 1.29 is 9.72 Å². The number of allylic oxidation sites excluding steroid dienone is 1. The first-order chi connectivity index (χ1) is 14.4. The minimum atomic E-state index is -0.795. The quantitative estimate of drug-likeness (QED) is 0.506. The minimum Gasteiger partial charge on any atom is -0.328 e. The van der Waals surface area contributed by atoms with Crippen molar-refractivity contribution in [2.75, 3.05) is 10.6 Å². The van der Waals surface area contributed by atoms with Crippen LogP contribution in [0.4, 0.5) is 17.3 Å². The van der Waals surface area contributed by atoms with E-state index in [0.717, 1.165) is 11.1 Å². The highest BCUT2D eigenvalue weighted by molar-refractivity contribution is 6.06. The number of aryl methyl sites for hydroxylation is 2. The number of hydrogen-bond donors (Lipinski definition) is 2. The molecule has 2 heterocycles. The van der Waals surface area contributed by atoms with Gasteiger partial charge < -0.3 is 10.6 Å². The van der Waals surface area contributed by atoms with Crippen molar-refractivity contribution in [3.63, 3.8) is 0 Å². The number of rotatable bonds is 4. The van der Waals surface area contributed by atoms with Crippen LogP contribution < -0.4 is 10.6 Å². The van der Waals surface area contributed by atoms with Crippen molar-refractivity contribution in [2.24, 2.45) is 0 Å². The average Bonchev–Trinajstić information content (AvgIpc) is 3.16. The van der Waals surface area contributed by atoms with Crippen molar-refractivity contribution in [1.82, 2.24) is 14.8 Å². The number of nitro benzene ring substituents is 1. The number of carbonyl (C=O) groups is 1. The van der Waals surface area contributed by atoms with E-state index >= 15 is 0 Å². The summed E-state index contributed by atoms with van der Waals surface area (Å²) in [5.74, 6) is 0.0509. The van der Waals surface area contributed by atoms with Gasteiger partial charge in [0.25, 0.3) is 11.6 Å². The van der Waals surface area contributed by atoms with Gasteiger partial charge in [0.05, 0.1) is 16.1 Å². The lowest BCUT2D eigenvalue weighted by Crippen LogP contribution is -2.32. The molecule has 9 nitrogen and oxygen atoms in total. The molecule has 0 fully saturated rings. The van der Waals surface area contributed by atoms with Gasteiger partial charge in [-0.1, -0.05) is 29.8 Å². The maximum atomic E-state index is 13.4. The topological polar surface area (TPSA) is 115 Å². The van der Waals surface area contributed by atoms with Gasteiger partial charge in [0, 0.05) is 17.5 Å². The second-order valence-electron chi connectivity index (χ2n) is 7.18. The summed E-state index contributed by atoms with van der Waals surface area (Å²) in [6, 6.07) is 11.3. The van der Waals surface area contributed by atoms with E-state index in [9.17, 15) is 14.9 Å². The first-order valence-electron chi connectivity index (χ1n) is 9.36. The number of hydrogen-bond acceptors (Lipinski definition) is 6. The molecule has 1 aliphatic rings. The Bertz CT molecular complexity index is 1200. The van der Waals surface area contributed by atoms with Gasteiger partial charge >= 0.3 is 0 Å². The summed E-state index contributed by atoms with van der Waals surface area (Å²) < 4.78 is 1.49. The van der Waals surface area contributed by atoms with Crippen LogP contribution in [0.15, 0.2) is 60.1 Å². The van der Waals surface area contributed by atoms with E-state index in [1.54, 1.807) is 25.1 Å². The molecule has 1 atom stereocenters. The number of para-hydroxylation sites is 1. The lowest BCUT2D eigenvalue weighted by molar-refractivity contribution is -0.385. The van der Waals surface area contributed by atoms with E-state index in [2.05, 4.69) is 20.7 Å². The number of anilines is 2. The molecule has 9 heteroatoms. The van der Waals surface area contributed by atoms with Gasteiger partial charge in [0.15, 0.2) is 0 Å². The zero-order valence-corrected chi connectivity index (χ0v) is 16.7. The SMILES string of the molecule is CC1=C(C(=O)Nc2ccc(C)cc2C)[C@H](c2ccccc2[N+](=O)[O-])n2ncnc2N1. The van der Waals surface area contributed by atoms with E-state index < -0.39 is 11.0 Å². The Morgan fingerprint density at radius 3 is 2.70 bits per heavy atom.